The molecule has 1 saturated heterocycles. The normalized spacial score (nSPS) is 21.9. The zero-order chi connectivity index (χ0) is 8.41. The molecule has 0 bridgehead atoms. The van der Waals surface area contributed by atoms with E-state index in [2.05, 4.69) is 17.0 Å². The van der Waals surface area contributed by atoms with E-state index in [9.17, 15) is 0 Å². The smallest absolute Gasteiger partial charge is 0.0660 e. The summed E-state index contributed by atoms with van der Waals surface area (Å²) in [4.78, 5) is 0. The van der Waals surface area contributed by atoms with Crippen molar-refractivity contribution in [2.75, 3.05) is 6.67 Å². The van der Waals surface area contributed by atoms with Gasteiger partial charge < -0.3 is 0 Å². The zero-order valence-corrected chi connectivity index (χ0v) is 8.51. The van der Waals surface area contributed by atoms with Gasteiger partial charge in [0.25, 0.3) is 0 Å². The second kappa shape index (κ2) is 12.0. The van der Waals surface area contributed by atoms with Crippen LogP contribution in [-0.2, 0) is 0 Å². The SMILES string of the molecule is CC.CC.CC1NCNS1. The minimum atomic E-state index is 0.602. The molecule has 2 nitrogen and oxygen atoms in total. The van der Waals surface area contributed by atoms with Crippen molar-refractivity contribution in [1.29, 1.82) is 0 Å². The molecule has 1 aliphatic rings. The van der Waals surface area contributed by atoms with E-state index in [-0.39, 0.29) is 0 Å². The van der Waals surface area contributed by atoms with Crippen LogP contribution in [0.3, 0.4) is 0 Å². The molecule has 0 aliphatic carbocycles. The van der Waals surface area contributed by atoms with Crippen LogP contribution in [0.25, 0.3) is 0 Å². The van der Waals surface area contributed by atoms with Crippen LogP contribution >= 0.6 is 11.9 Å². The molecule has 0 aromatic heterocycles. The summed E-state index contributed by atoms with van der Waals surface area (Å²) in [7, 11) is 0. The van der Waals surface area contributed by atoms with Gasteiger partial charge in [-0.05, 0) is 6.92 Å². The Labute approximate surface area is 69.3 Å². The molecule has 0 spiro atoms. The van der Waals surface area contributed by atoms with Gasteiger partial charge >= 0.3 is 0 Å². The second-order valence-electron chi connectivity index (χ2n) is 1.29. The molecule has 10 heavy (non-hydrogen) atoms. The molecule has 0 amide bonds. The van der Waals surface area contributed by atoms with Gasteiger partial charge in [0.1, 0.15) is 0 Å². The maximum absolute atomic E-state index is 3.17. The summed E-state index contributed by atoms with van der Waals surface area (Å²) >= 11 is 1.74. The van der Waals surface area contributed by atoms with Crippen LogP contribution in [0.4, 0.5) is 0 Å². The van der Waals surface area contributed by atoms with Crippen molar-refractivity contribution in [3.63, 3.8) is 0 Å². The fourth-order valence-corrected chi connectivity index (χ4v) is 0.977. The van der Waals surface area contributed by atoms with Gasteiger partial charge in [0.05, 0.1) is 12.0 Å². The van der Waals surface area contributed by atoms with Gasteiger partial charge in [-0.2, -0.15) is 0 Å². The average molecular weight is 164 g/mol. The Morgan fingerprint density at radius 1 is 1.20 bits per heavy atom. The van der Waals surface area contributed by atoms with Gasteiger partial charge in [-0.3, -0.25) is 5.32 Å². The highest BCUT2D eigenvalue weighted by Gasteiger charge is 2.05. The van der Waals surface area contributed by atoms with E-state index in [0.29, 0.717) is 5.37 Å². The molecule has 0 radical (unpaired) electrons. The summed E-state index contributed by atoms with van der Waals surface area (Å²) < 4.78 is 3.08. The Hall–Kier alpha value is 0.270. The maximum atomic E-state index is 3.17. The summed E-state index contributed by atoms with van der Waals surface area (Å²) in [6.45, 7) is 11.1. The van der Waals surface area contributed by atoms with Crippen LogP contribution in [0.1, 0.15) is 34.6 Å². The number of nitrogens with one attached hydrogen (secondary N) is 2. The van der Waals surface area contributed by atoms with Gasteiger partial charge in [-0.1, -0.05) is 39.6 Å². The van der Waals surface area contributed by atoms with Crippen LogP contribution in [0, 0.1) is 0 Å². The molecule has 1 aliphatic heterocycles. The first-order chi connectivity index (χ1) is 4.89. The summed E-state index contributed by atoms with van der Waals surface area (Å²) in [6, 6.07) is 0. The topological polar surface area (TPSA) is 24.1 Å². The lowest BCUT2D eigenvalue weighted by atomic mass is 10.7. The molecule has 1 heterocycles. The van der Waals surface area contributed by atoms with Crippen molar-refractivity contribution in [2.24, 2.45) is 0 Å². The first-order valence-corrected chi connectivity index (χ1v) is 4.89. The van der Waals surface area contributed by atoms with E-state index in [1.165, 1.54) is 0 Å². The monoisotopic (exact) mass is 164 g/mol. The van der Waals surface area contributed by atoms with E-state index in [1.54, 1.807) is 11.9 Å². The molecule has 0 aromatic rings. The highest BCUT2D eigenvalue weighted by Crippen LogP contribution is 2.04. The second-order valence-corrected chi connectivity index (χ2v) is 2.52. The van der Waals surface area contributed by atoms with Gasteiger partial charge in [0.15, 0.2) is 0 Å². The minimum Gasteiger partial charge on any atom is -0.291 e. The number of hydrogen-bond donors (Lipinski definition) is 2. The van der Waals surface area contributed by atoms with E-state index in [0.717, 1.165) is 6.67 Å². The molecular formula is C7H20N2S. The fraction of sp³-hybridized carbons (Fsp3) is 1.00. The summed E-state index contributed by atoms with van der Waals surface area (Å²) in [6.07, 6.45) is 0. The molecular weight excluding hydrogens is 144 g/mol. The van der Waals surface area contributed by atoms with Crippen LogP contribution < -0.4 is 10.0 Å². The Morgan fingerprint density at radius 3 is 1.80 bits per heavy atom. The van der Waals surface area contributed by atoms with Crippen molar-refractivity contribution in [1.82, 2.24) is 10.0 Å². The van der Waals surface area contributed by atoms with Gasteiger partial charge in [0.2, 0.25) is 0 Å². The lowest BCUT2D eigenvalue weighted by Gasteiger charge is -1.92. The van der Waals surface area contributed by atoms with Crippen molar-refractivity contribution in [3.8, 4) is 0 Å². The molecule has 0 saturated carbocycles. The predicted octanol–water partition coefficient (Wildman–Crippen LogP) is 2.18. The maximum Gasteiger partial charge on any atom is 0.0660 e. The Bertz CT molecular complexity index is 44.9. The lowest BCUT2D eigenvalue weighted by molar-refractivity contribution is 0.726. The fourth-order valence-electron chi connectivity index (χ4n) is 0.394. The van der Waals surface area contributed by atoms with E-state index < -0.39 is 0 Å². The number of rotatable bonds is 0. The molecule has 2 N–H and O–H groups in total. The van der Waals surface area contributed by atoms with Crippen LogP contribution in [-0.4, -0.2) is 12.0 Å². The molecule has 64 valence electrons. The van der Waals surface area contributed by atoms with Crippen LogP contribution in [0.15, 0.2) is 0 Å². The van der Waals surface area contributed by atoms with Crippen LogP contribution in [0.5, 0.6) is 0 Å². The lowest BCUT2D eigenvalue weighted by Crippen LogP contribution is -2.16. The average Bonchev–Trinajstić information content (AvgIpc) is 2.48. The Kier molecular flexibility index (Phi) is 15.5. The van der Waals surface area contributed by atoms with E-state index >= 15 is 0 Å². The number of hydrogen-bond acceptors (Lipinski definition) is 3. The third-order valence-corrected chi connectivity index (χ3v) is 1.55. The third kappa shape index (κ3) is 8.27. The zero-order valence-electron chi connectivity index (χ0n) is 7.69. The van der Waals surface area contributed by atoms with Gasteiger partial charge in [0, 0.05) is 0 Å². The summed E-state index contributed by atoms with van der Waals surface area (Å²) in [5, 5.41) is 3.77. The van der Waals surface area contributed by atoms with E-state index in [4.69, 9.17) is 0 Å². The van der Waals surface area contributed by atoms with Crippen molar-refractivity contribution in [3.05, 3.63) is 0 Å². The third-order valence-electron chi connectivity index (χ3n) is 0.722. The largest absolute Gasteiger partial charge is 0.291 e. The van der Waals surface area contributed by atoms with Gasteiger partial charge in [-0.15, -0.1) is 0 Å². The summed E-state index contributed by atoms with van der Waals surface area (Å²) in [5.41, 5.74) is 0. The standard InChI is InChI=1S/C3H8N2S.2C2H6/c1-3-4-2-5-6-3;2*1-2/h3-5H,2H2,1H3;2*1-2H3. The first-order valence-electron chi connectivity index (χ1n) is 4.01. The molecule has 1 rings (SSSR count). The summed E-state index contributed by atoms with van der Waals surface area (Å²) in [5.74, 6) is 0. The molecule has 1 unspecified atom stereocenters. The Balaban J connectivity index is 0. The predicted molar refractivity (Wildman–Crippen MR) is 50.9 cm³/mol. The molecule has 1 fully saturated rings. The van der Waals surface area contributed by atoms with E-state index in [1.807, 2.05) is 27.7 Å². The molecule has 0 aromatic carbocycles. The Morgan fingerprint density at radius 2 is 1.70 bits per heavy atom. The highest BCUT2D eigenvalue weighted by atomic mass is 32.2. The van der Waals surface area contributed by atoms with Crippen LogP contribution in [0.2, 0.25) is 0 Å². The molecule has 3 heteroatoms. The van der Waals surface area contributed by atoms with Crippen molar-refractivity contribution in [2.45, 2.75) is 40.0 Å². The van der Waals surface area contributed by atoms with Gasteiger partial charge in [-0.25, -0.2) is 4.72 Å². The first kappa shape index (κ1) is 12.9. The van der Waals surface area contributed by atoms with Crippen molar-refractivity contribution >= 4 is 11.9 Å². The van der Waals surface area contributed by atoms with Crippen molar-refractivity contribution < 1.29 is 0 Å². The molecule has 1 atom stereocenters. The minimum absolute atomic E-state index is 0.602. The highest BCUT2D eigenvalue weighted by molar-refractivity contribution is 7.98. The quantitative estimate of drug-likeness (QED) is 0.537.